The minimum atomic E-state index is -1.50. The van der Waals surface area contributed by atoms with Crippen LogP contribution in [0, 0.1) is 5.92 Å². The lowest BCUT2D eigenvalue weighted by atomic mass is 9.96. The Labute approximate surface area is 169 Å². The summed E-state index contributed by atoms with van der Waals surface area (Å²) >= 11 is 0. The minimum absolute atomic E-state index is 0.0461. The molecule has 1 amide bonds. The van der Waals surface area contributed by atoms with E-state index >= 15 is 0 Å². The normalized spacial score (nSPS) is 12.9. The lowest BCUT2D eigenvalue weighted by molar-refractivity contribution is -0.163. The smallest absolute Gasteiger partial charge is 0.408 e. The van der Waals surface area contributed by atoms with Gasteiger partial charge in [0, 0.05) is 0 Å². The van der Waals surface area contributed by atoms with Gasteiger partial charge in [0.05, 0.1) is 26.6 Å². The van der Waals surface area contributed by atoms with Crippen molar-refractivity contribution in [2.24, 2.45) is 5.92 Å². The topological polar surface area (TPSA) is 117 Å². The third-order valence-corrected chi connectivity index (χ3v) is 3.65. The summed E-state index contributed by atoms with van der Waals surface area (Å²) in [7, 11) is 2.20. The highest BCUT2D eigenvalue weighted by Gasteiger charge is 2.39. The summed E-state index contributed by atoms with van der Waals surface area (Å²) in [6.45, 7) is 4.94. The number of rotatable bonds is 8. The minimum Gasteiger partial charge on any atom is -0.469 e. The molecule has 0 saturated heterocycles. The Kier molecular flexibility index (Phi) is 9.11. The Morgan fingerprint density at radius 2 is 1.55 bits per heavy atom. The van der Waals surface area contributed by atoms with Crippen molar-refractivity contribution in [2.75, 3.05) is 14.2 Å². The molecule has 1 aromatic carbocycles. The molecule has 1 N–H and O–H groups in total. The van der Waals surface area contributed by atoms with E-state index in [4.69, 9.17) is 9.47 Å². The molecule has 0 unspecified atom stereocenters. The lowest BCUT2D eigenvalue weighted by Gasteiger charge is -2.25. The van der Waals surface area contributed by atoms with Crippen LogP contribution in [0.5, 0.6) is 0 Å². The number of hydrogen-bond donors (Lipinski definition) is 1. The summed E-state index contributed by atoms with van der Waals surface area (Å²) in [4.78, 5) is 48.7. The Hall–Kier alpha value is -3.10. The molecule has 29 heavy (non-hydrogen) atoms. The molecule has 0 fully saturated rings. The highest BCUT2D eigenvalue weighted by atomic mass is 16.6. The van der Waals surface area contributed by atoms with Gasteiger partial charge in [-0.15, -0.1) is 0 Å². The molecule has 0 radical (unpaired) electrons. The Morgan fingerprint density at radius 3 is 2.07 bits per heavy atom. The molecule has 1 rings (SSSR count). The molecule has 0 aliphatic carbocycles. The number of carbonyl (C=O) groups is 4. The summed E-state index contributed by atoms with van der Waals surface area (Å²) in [6.07, 6.45) is -1.45. The molecular formula is C20H27NO8. The van der Waals surface area contributed by atoms with Crippen LogP contribution in [0.2, 0.25) is 0 Å². The van der Waals surface area contributed by atoms with Gasteiger partial charge in [0.2, 0.25) is 0 Å². The Bertz CT molecular complexity index is 711. The van der Waals surface area contributed by atoms with Crippen molar-refractivity contribution in [3.63, 3.8) is 0 Å². The first-order chi connectivity index (χ1) is 13.6. The van der Waals surface area contributed by atoms with Crippen LogP contribution < -0.4 is 5.32 Å². The maximum atomic E-state index is 12.2. The van der Waals surface area contributed by atoms with Crippen LogP contribution in [0.4, 0.5) is 4.79 Å². The molecular weight excluding hydrogens is 382 g/mol. The monoisotopic (exact) mass is 409 g/mol. The number of nitrogens with one attached hydrogen (secondary N) is 1. The van der Waals surface area contributed by atoms with E-state index in [0.717, 1.165) is 19.8 Å². The standard InChI is InChI=1S/C20H27NO8/c1-20(2,3)29-15(22)11-14(17(23)26-4)16(18(24)27-5)21-19(25)28-12-13-9-7-6-8-10-13/h6-10,14,16H,11-12H2,1-5H3,(H,21,25)/t14-,16-/m0/s1. The second kappa shape index (κ2) is 11.0. The van der Waals surface area contributed by atoms with Gasteiger partial charge in [-0.1, -0.05) is 30.3 Å². The van der Waals surface area contributed by atoms with Crippen molar-refractivity contribution >= 4 is 24.0 Å². The third kappa shape index (κ3) is 8.63. The molecule has 0 aliphatic heterocycles. The van der Waals surface area contributed by atoms with Crippen molar-refractivity contribution in [3.05, 3.63) is 35.9 Å². The molecule has 1 aromatic rings. The first-order valence-electron chi connectivity index (χ1n) is 8.92. The van der Waals surface area contributed by atoms with E-state index in [1.807, 2.05) is 6.07 Å². The van der Waals surface area contributed by atoms with Crippen molar-refractivity contribution in [2.45, 2.75) is 45.4 Å². The van der Waals surface area contributed by atoms with Crippen LogP contribution in [0.25, 0.3) is 0 Å². The molecule has 0 aliphatic rings. The van der Waals surface area contributed by atoms with Crippen LogP contribution in [-0.2, 0) is 39.9 Å². The maximum absolute atomic E-state index is 12.2. The van der Waals surface area contributed by atoms with E-state index in [2.05, 4.69) is 14.8 Å². The van der Waals surface area contributed by atoms with E-state index < -0.39 is 48.0 Å². The molecule has 160 valence electrons. The zero-order valence-corrected chi connectivity index (χ0v) is 17.2. The third-order valence-electron chi connectivity index (χ3n) is 3.65. The molecule has 0 bridgehead atoms. The first-order valence-corrected chi connectivity index (χ1v) is 8.92. The van der Waals surface area contributed by atoms with Gasteiger partial charge < -0.3 is 24.3 Å². The van der Waals surface area contributed by atoms with Gasteiger partial charge in [-0.3, -0.25) is 9.59 Å². The van der Waals surface area contributed by atoms with Gasteiger partial charge in [0.15, 0.2) is 0 Å². The van der Waals surface area contributed by atoms with Gasteiger partial charge in [-0.25, -0.2) is 9.59 Å². The zero-order chi connectivity index (χ0) is 22.0. The number of methoxy groups -OCH3 is 2. The summed E-state index contributed by atoms with van der Waals surface area (Å²) in [5, 5.41) is 2.28. The summed E-state index contributed by atoms with van der Waals surface area (Å²) < 4.78 is 19.6. The predicted molar refractivity (Wildman–Crippen MR) is 102 cm³/mol. The number of benzene rings is 1. The SMILES string of the molecule is COC(=O)[C@@H](CC(=O)OC(C)(C)C)[C@H](NC(=O)OCc1ccccc1)C(=O)OC. The number of ether oxygens (including phenoxy) is 4. The Balaban J connectivity index is 2.91. The maximum Gasteiger partial charge on any atom is 0.408 e. The van der Waals surface area contributed by atoms with Crippen LogP contribution in [0.1, 0.15) is 32.8 Å². The molecule has 9 heteroatoms. The number of esters is 3. The Morgan fingerprint density at radius 1 is 0.966 bits per heavy atom. The molecule has 2 atom stereocenters. The quantitative estimate of drug-likeness (QED) is 0.512. The van der Waals surface area contributed by atoms with E-state index in [1.54, 1.807) is 45.0 Å². The van der Waals surface area contributed by atoms with Crippen molar-refractivity contribution in [1.82, 2.24) is 5.32 Å². The van der Waals surface area contributed by atoms with E-state index in [-0.39, 0.29) is 6.61 Å². The molecule has 0 saturated carbocycles. The van der Waals surface area contributed by atoms with Gasteiger partial charge in [0.25, 0.3) is 0 Å². The number of carbonyl (C=O) groups excluding carboxylic acids is 4. The average molecular weight is 409 g/mol. The van der Waals surface area contributed by atoms with E-state index in [9.17, 15) is 19.2 Å². The number of amides is 1. The van der Waals surface area contributed by atoms with Crippen LogP contribution in [0.15, 0.2) is 30.3 Å². The number of hydrogen-bond acceptors (Lipinski definition) is 8. The zero-order valence-electron chi connectivity index (χ0n) is 17.2. The van der Waals surface area contributed by atoms with Gasteiger partial charge >= 0.3 is 24.0 Å². The predicted octanol–water partition coefficient (Wildman–Crippen LogP) is 1.98. The van der Waals surface area contributed by atoms with E-state index in [0.29, 0.717) is 0 Å². The molecule has 0 aromatic heterocycles. The van der Waals surface area contributed by atoms with Crippen LogP contribution in [0.3, 0.4) is 0 Å². The number of alkyl carbamates (subject to hydrolysis) is 1. The second-order valence-corrected chi connectivity index (χ2v) is 7.13. The van der Waals surface area contributed by atoms with E-state index in [1.165, 1.54) is 0 Å². The van der Waals surface area contributed by atoms with Crippen molar-refractivity contribution in [3.8, 4) is 0 Å². The van der Waals surface area contributed by atoms with Gasteiger partial charge in [-0.2, -0.15) is 0 Å². The molecule has 9 nitrogen and oxygen atoms in total. The lowest BCUT2D eigenvalue weighted by Crippen LogP contribution is -2.50. The average Bonchev–Trinajstić information content (AvgIpc) is 2.67. The van der Waals surface area contributed by atoms with Gasteiger partial charge in [0.1, 0.15) is 18.2 Å². The summed E-state index contributed by atoms with van der Waals surface area (Å²) in [5.41, 5.74) is -0.0591. The highest BCUT2D eigenvalue weighted by Crippen LogP contribution is 2.18. The largest absolute Gasteiger partial charge is 0.469 e. The molecule has 0 heterocycles. The van der Waals surface area contributed by atoms with Crippen LogP contribution in [-0.4, -0.2) is 49.9 Å². The highest BCUT2D eigenvalue weighted by molar-refractivity contribution is 5.90. The van der Waals surface area contributed by atoms with Crippen molar-refractivity contribution < 1.29 is 38.1 Å². The molecule has 0 spiro atoms. The van der Waals surface area contributed by atoms with Gasteiger partial charge in [-0.05, 0) is 26.3 Å². The first kappa shape index (κ1) is 23.9. The summed E-state index contributed by atoms with van der Waals surface area (Å²) in [5.74, 6) is -3.90. The summed E-state index contributed by atoms with van der Waals surface area (Å²) in [6, 6.07) is 7.39. The fraction of sp³-hybridized carbons (Fsp3) is 0.500. The van der Waals surface area contributed by atoms with Crippen molar-refractivity contribution in [1.29, 1.82) is 0 Å². The van der Waals surface area contributed by atoms with Crippen LogP contribution >= 0.6 is 0 Å². The fourth-order valence-electron chi connectivity index (χ4n) is 2.39. The fourth-order valence-corrected chi connectivity index (χ4v) is 2.39. The second-order valence-electron chi connectivity index (χ2n) is 7.13.